The molecule has 9 nitrogen and oxygen atoms in total. The molecule has 31 heavy (non-hydrogen) atoms. The fourth-order valence-corrected chi connectivity index (χ4v) is 4.60. The van der Waals surface area contributed by atoms with Crippen LogP contribution in [0.4, 0.5) is 11.4 Å². The maximum Gasteiger partial charge on any atom is 0.293 e. The SMILES string of the molecule is Cn1ccnc1[C@@H](Nc1ccc(S(=O)(=O)NC(C)(C)C)cc1[N+](=O)[O-])c1ccccc1. The van der Waals surface area contributed by atoms with Crippen molar-refractivity contribution in [1.29, 1.82) is 0 Å². The first-order chi connectivity index (χ1) is 14.5. The van der Waals surface area contributed by atoms with Crippen molar-refractivity contribution in [3.05, 3.63) is 82.4 Å². The highest BCUT2D eigenvalue weighted by Crippen LogP contribution is 2.33. The normalized spacial score (nSPS) is 13.0. The van der Waals surface area contributed by atoms with Crippen LogP contribution in [0, 0.1) is 10.1 Å². The highest BCUT2D eigenvalue weighted by atomic mass is 32.2. The van der Waals surface area contributed by atoms with Crippen molar-refractivity contribution in [3.63, 3.8) is 0 Å². The van der Waals surface area contributed by atoms with E-state index in [9.17, 15) is 18.5 Å². The highest BCUT2D eigenvalue weighted by Gasteiger charge is 2.27. The van der Waals surface area contributed by atoms with Gasteiger partial charge in [-0.2, -0.15) is 0 Å². The zero-order valence-corrected chi connectivity index (χ0v) is 18.6. The van der Waals surface area contributed by atoms with Gasteiger partial charge in [0.15, 0.2) is 0 Å². The Morgan fingerprint density at radius 1 is 1.13 bits per heavy atom. The largest absolute Gasteiger partial charge is 0.366 e. The summed E-state index contributed by atoms with van der Waals surface area (Å²) in [7, 11) is -2.08. The molecule has 0 saturated heterocycles. The van der Waals surface area contributed by atoms with Crippen molar-refractivity contribution >= 4 is 21.4 Å². The minimum absolute atomic E-state index is 0.173. The predicted molar refractivity (Wildman–Crippen MR) is 118 cm³/mol. The third-order valence-corrected chi connectivity index (χ3v) is 6.22. The van der Waals surface area contributed by atoms with Crippen molar-refractivity contribution in [1.82, 2.24) is 14.3 Å². The monoisotopic (exact) mass is 443 g/mol. The molecule has 164 valence electrons. The van der Waals surface area contributed by atoms with Gasteiger partial charge in [0.2, 0.25) is 10.0 Å². The van der Waals surface area contributed by atoms with Crippen molar-refractivity contribution in [2.45, 2.75) is 37.2 Å². The van der Waals surface area contributed by atoms with E-state index in [1.807, 2.05) is 41.9 Å². The lowest BCUT2D eigenvalue weighted by Gasteiger charge is -2.22. The summed E-state index contributed by atoms with van der Waals surface area (Å²) in [5, 5.41) is 15.0. The average molecular weight is 444 g/mol. The molecule has 1 aromatic heterocycles. The van der Waals surface area contributed by atoms with Gasteiger partial charge in [0.05, 0.1) is 9.82 Å². The van der Waals surface area contributed by atoms with Gasteiger partial charge in [0, 0.05) is 31.0 Å². The molecule has 0 saturated carbocycles. The standard InChI is InChI=1S/C21H25N5O4S/c1-21(2,3)24-31(29,30)16-10-11-17(18(14-16)26(27)28)23-19(15-8-6-5-7-9-15)20-22-12-13-25(20)4/h5-14,19,23-24H,1-4H3/t19-/m0/s1. The smallest absolute Gasteiger partial charge is 0.293 e. The van der Waals surface area contributed by atoms with Crippen molar-refractivity contribution in [3.8, 4) is 0 Å². The molecule has 0 aliphatic carbocycles. The number of nitro groups is 1. The van der Waals surface area contributed by atoms with Gasteiger partial charge >= 0.3 is 0 Å². The van der Waals surface area contributed by atoms with Gasteiger partial charge in [-0.25, -0.2) is 18.1 Å². The molecule has 10 heteroatoms. The molecule has 0 spiro atoms. The summed E-state index contributed by atoms with van der Waals surface area (Å²) in [5.74, 6) is 0.659. The van der Waals surface area contributed by atoms with Crippen LogP contribution in [0.25, 0.3) is 0 Å². The summed E-state index contributed by atoms with van der Waals surface area (Å²) in [6.07, 6.45) is 3.43. The third kappa shape index (κ3) is 5.28. The molecule has 2 N–H and O–H groups in total. The van der Waals surface area contributed by atoms with Gasteiger partial charge in [-0.3, -0.25) is 10.1 Å². The fraction of sp³-hybridized carbons (Fsp3) is 0.286. The Hall–Kier alpha value is -3.24. The maximum absolute atomic E-state index is 12.6. The molecule has 0 unspecified atom stereocenters. The number of rotatable bonds is 7. The van der Waals surface area contributed by atoms with Crippen LogP contribution in [0.1, 0.15) is 38.2 Å². The fourth-order valence-electron chi connectivity index (χ4n) is 3.17. The second-order valence-electron chi connectivity index (χ2n) is 8.18. The molecule has 0 aliphatic heterocycles. The van der Waals surface area contributed by atoms with Gasteiger partial charge in [0.1, 0.15) is 17.6 Å². The summed E-state index contributed by atoms with van der Waals surface area (Å²) >= 11 is 0. The molecule has 0 amide bonds. The van der Waals surface area contributed by atoms with Crippen LogP contribution in [-0.2, 0) is 17.1 Å². The van der Waals surface area contributed by atoms with Crippen LogP contribution >= 0.6 is 0 Å². The van der Waals surface area contributed by atoms with E-state index in [-0.39, 0.29) is 16.3 Å². The first-order valence-corrected chi connectivity index (χ1v) is 11.1. The van der Waals surface area contributed by atoms with Crippen molar-refractivity contribution < 1.29 is 13.3 Å². The first kappa shape index (κ1) is 22.4. The lowest BCUT2D eigenvalue weighted by molar-refractivity contribution is -0.384. The number of aryl methyl sites for hydroxylation is 1. The quantitative estimate of drug-likeness (QED) is 0.425. The van der Waals surface area contributed by atoms with E-state index in [2.05, 4.69) is 15.0 Å². The van der Waals surface area contributed by atoms with E-state index in [1.165, 1.54) is 12.1 Å². The number of nitro benzene ring substituents is 1. The summed E-state index contributed by atoms with van der Waals surface area (Å²) in [6.45, 7) is 5.10. The molecule has 0 fully saturated rings. The highest BCUT2D eigenvalue weighted by molar-refractivity contribution is 7.89. The van der Waals surface area contributed by atoms with E-state index < -0.39 is 26.5 Å². The summed E-state index contributed by atoms with van der Waals surface area (Å²) in [6, 6.07) is 12.8. The molecule has 1 atom stereocenters. The van der Waals surface area contributed by atoms with E-state index in [4.69, 9.17) is 0 Å². The van der Waals surface area contributed by atoms with Crippen LogP contribution < -0.4 is 10.0 Å². The number of anilines is 1. The molecule has 3 aromatic rings. The zero-order valence-electron chi connectivity index (χ0n) is 17.7. The molecule has 0 aliphatic rings. The van der Waals surface area contributed by atoms with Gasteiger partial charge in [-0.1, -0.05) is 30.3 Å². The van der Waals surface area contributed by atoms with Crippen LogP contribution in [0.2, 0.25) is 0 Å². The Morgan fingerprint density at radius 2 is 1.81 bits per heavy atom. The van der Waals surface area contributed by atoms with Crippen LogP contribution in [-0.4, -0.2) is 28.4 Å². The Balaban J connectivity index is 2.05. The summed E-state index contributed by atoms with van der Waals surface area (Å²) in [5.41, 5.74) is -0.0121. The number of nitrogens with one attached hydrogen (secondary N) is 2. The molecule has 0 bridgehead atoms. The molecular formula is C21H25N5O4S. The number of imidazole rings is 1. The van der Waals surface area contributed by atoms with Crippen LogP contribution in [0.15, 0.2) is 65.8 Å². The van der Waals surface area contributed by atoms with E-state index in [0.29, 0.717) is 5.82 Å². The van der Waals surface area contributed by atoms with Crippen molar-refractivity contribution in [2.75, 3.05) is 5.32 Å². The Bertz CT molecular complexity index is 1180. The Morgan fingerprint density at radius 3 is 2.35 bits per heavy atom. The van der Waals surface area contributed by atoms with Gasteiger partial charge in [-0.15, -0.1) is 0 Å². The maximum atomic E-state index is 12.6. The molecular weight excluding hydrogens is 418 g/mol. The third-order valence-electron chi connectivity index (χ3n) is 4.47. The van der Waals surface area contributed by atoms with Gasteiger partial charge < -0.3 is 9.88 Å². The summed E-state index contributed by atoms with van der Waals surface area (Å²) < 4.78 is 29.6. The topological polar surface area (TPSA) is 119 Å². The molecule has 0 radical (unpaired) electrons. The Kier molecular flexibility index (Phi) is 6.14. The average Bonchev–Trinajstić information content (AvgIpc) is 3.10. The zero-order chi connectivity index (χ0) is 22.8. The van der Waals surface area contributed by atoms with Gasteiger partial charge in [-0.05, 0) is 38.5 Å². The second-order valence-corrected chi connectivity index (χ2v) is 9.86. The Labute approximate surface area is 181 Å². The number of nitrogens with zero attached hydrogens (tertiary/aromatic N) is 3. The predicted octanol–water partition coefficient (Wildman–Crippen LogP) is 3.61. The molecule has 1 heterocycles. The number of hydrogen-bond donors (Lipinski definition) is 2. The lowest BCUT2D eigenvalue weighted by Crippen LogP contribution is -2.40. The molecule has 2 aromatic carbocycles. The number of hydrogen-bond acceptors (Lipinski definition) is 6. The van der Waals surface area contributed by atoms with E-state index in [1.54, 1.807) is 33.2 Å². The van der Waals surface area contributed by atoms with E-state index in [0.717, 1.165) is 11.6 Å². The van der Waals surface area contributed by atoms with Crippen molar-refractivity contribution in [2.24, 2.45) is 7.05 Å². The number of aromatic nitrogens is 2. The lowest BCUT2D eigenvalue weighted by atomic mass is 10.1. The minimum atomic E-state index is -3.92. The minimum Gasteiger partial charge on any atom is -0.366 e. The second kappa shape index (κ2) is 8.48. The number of sulfonamides is 1. The molecule has 3 rings (SSSR count). The van der Waals surface area contributed by atoms with E-state index >= 15 is 0 Å². The first-order valence-electron chi connectivity index (χ1n) is 9.59. The number of benzene rings is 2. The van der Waals surface area contributed by atoms with Gasteiger partial charge in [0.25, 0.3) is 5.69 Å². The summed E-state index contributed by atoms with van der Waals surface area (Å²) in [4.78, 5) is 15.4. The van der Waals surface area contributed by atoms with Crippen LogP contribution in [0.3, 0.4) is 0 Å². The van der Waals surface area contributed by atoms with Crippen LogP contribution in [0.5, 0.6) is 0 Å².